The van der Waals surface area contributed by atoms with Crippen molar-refractivity contribution in [2.45, 2.75) is 32.9 Å². The van der Waals surface area contributed by atoms with Gasteiger partial charge in [0.1, 0.15) is 5.82 Å². The van der Waals surface area contributed by atoms with Crippen LogP contribution in [-0.2, 0) is 11.3 Å². The van der Waals surface area contributed by atoms with Crippen molar-refractivity contribution in [1.29, 1.82) is 0 Å². The molecule has 1 aromatic carbocycles. The summed E-state index contributed by atoms with van der Waals surface area (Å²) in [5.74, 6) is 0.638. The predicted molar refractivity (Wildman–Crippen MR) is 72.4 cm³/mol. The summed E-state index contributed by atoms with van der Waals surface area (Å²) < 4.78 is 21.1. The maximum Gasteiger partial charge on any atom is 0.201 e. The van der Waals surface area contributed by atoms with E-state index in [1.807, 2.05) is 10.6 Å². The van der Waals surface area contributed by atoms with Crippen molar-refractivity contribution in [1.82, 2.24) is 9.55 Å². The molecule has 0 saturated carbocycles. The molecule has 1 saturated heterocycles. The molecule has 5 heteroatoms. The molecule has 0 radical (unpaired) electrons. The van der Waals surface area contributed by atoms with Gasteiger partial charge in [0, 0.05) is 25.1 Å². The molecule has 2 aromatic rings. The summed E-state index contributed by atoms with van der Waals surface area (Å²) in [4.78, 5) is 4.24. The molecule has 0 spiro atoms. The Morgan fingerprint density at radius 3 is 3.00 bits per heavy atom. The highest BCUT2D eigenvalue weighted by Gasteiger charge is 2.26. The predicted octanol–water partition coefficient (Wildman–Crippen LogP) is 2.49. The molecular weight excluding hydrogens is 245 g/mol. The highest BCUT2D eigenvalue weighted by atomic mass is 19.1. The molecule has 3 rings (SSSR count). The number of nitrogens with two attached hydrogens (primary N) is 1. The summed E-state index contributed by atoms with van der Waals surface area (Å²) >= 11 is 0. The fraction of sp³-hybridized carbons (Fsp3) is 0.500. The third kappa shape index (κ3) is 2.08. The Balaban J connectivity index is 2.02. The maximum absolute atomic E-state index is 13.5. The Hall–Kier alpha value is -1.62. The lowest BCUT2D eigenvalue weighted by Crippen LogP contribution is -2.19. The molecule has 1 aliphatic rings. The van der Waals surface area contributed by atoms with Crippen molar-refractivity contribution in [2.24, 2.45) is 5.92 Å². The van der Waals surface area contributed by atoms with Crippen LogP contribution in [0.1, 0.15) is 18.9 Å². The normalized spacial score (nSPS) is 23.3. The quantitative estimate of drug-likeness (QED) is 0.905. The van der Waals surface area contributed by atoms with Gasteiger partial charge in [0.25, 0.3) is 0 Å². The first-order chi connectivity index (χ1) is 9.06. The Kier molecular flexibility index (Phi) is 2.93. The van der Waals surface area contributed by atoms with Gasteiger partial charge in [0.2, 0.25) is 5.95 Å². The lowest BCUT2D eigenvalue weighted by Gasteiger charge is -2.16. The molecule has 1 aliphatic heterocycles. The second-order valence-corrected chi connectivity index (χ2v) is 5.30. The number of halogens is 1. The number of rotatable bonds is 2. The van der Waals surface area contributed by atoms with Gasteiger partial charge in [0.05, 0.1) is 17.1 Å². The average Bonchev–Trinajstić information content (AvgIpc) is 2.88. The molecule has 19 heavy (non-hydrogen) atoms. The number of nitrogen functional groups attached to an aromatic ring is 1. The van der Waals surface area contributed by atoms with Crippen LogP contribution in [0.25, 0.3) is 11.0 Å². The van der Waals surface area contributed by atoms with Gasteiger partial charge in [-0.25, -0.2) is 9.37 Å². The van der Waals surface area contributed by atoms with Crippen LogP contribution in [0.5, 0.6) is 0 Å². The topological polar surface area (TPSA) is 53.1 Å². The maximum atomic E-state index is 13.5. The molecule has 0 aliphatic carbocycles. The molecule has 4 nitrogen and oxygen atoms in total. The Morgan fingerprint density at radius 1 is 1.53 bits per heavy atom. The molecule has 2 atom stereocenters. The van der Waals surface area contributed by atoms with Gasteiger partial charge < -0.3 is 15.0 Å². The average molecular weight is 263 g/mol. The number of fused-ring (bicyclic) bond motifs is 1. The van der Waals surface area contributed by atoms with E-state index < -0.39 is 0 Å². The summed E-state index contributed by atoms with van der Waals surface area (Å²) in [6, 6.07) is 3.26. The SMILES string of the molecule is Cc1cc2c(cc1F)nc(N)n2CC1CCOC1C. The number of imidazole rings is 1. The van der Waals surface area contributed by atoms with Crippen molar-refractivity contribution in [3.63, 3.8) is 0 Å². The van der Waals surface area contributed by atoms with E-state index in [2.05, 4.69) is 11.9 Å². The summed E-state index contributed by atoms with van der Waals surface area (Å²) in [5, 5.41) is 0. The van der Waals surface area contributed by atoms with Crippen LogP contribution in [0.3, 0.4) is 0 Å². The zero-order valence-corrected chi connectivity index (χ0v) is 11.2. The highest BCUT2D eigenvalue weighted by Crippen LogP contribution is 2.27. The van der Waals surface area contributed by atoms with Crippen LogP contribution in [0, 0.1) is 18.7 Å². The lowest BCUT2D eigenvalue weighted by molar-refractivity contribution is 0.102. The number of aryl methyl sites for hydroxylation is 1. The van der Waals surface area contributed by atoms with E-state index in [-0.39, 0.29) is 11.9 Å². The first-order valence-corrected chi connectivity index (χ1v) is 6.59. The van der Waals surface area contributed by atoms with E-state index in [4.69, 9.17) is 10.5 Å². The van der Waals surface area contributed by atoms with E-state index >= 15 is 0 Å². The second-order valence-electron chi connectivity index (χ2n) is 5.30. The third-order valence-electron chi connectivity index (χ3n) is 4.01. The largest absolute Gasteiger partial charge is 0.378 e. The first-order valence-electron chi connectivity index (χ1n) is 6.59. The van der Waals surface area contributed by atoms with E-state index in [1.165, 1.54) is 6.07 Å². The number of nitrogens with zero attached hydrogens (tertiary/aromatic N) is 2. The smallest absolute Gasteiger partial charge is 0.201 e. The van der Waals surface area contributed by atoms with E-state index in [1.54, 1.807) is 6.92 Å². The van der Waals surface area contributed by atoms with Crippen LogP contribution >= 0.6 is 0 Å². The monoisotopic (exact) mass is 263 g/mol. The third-order valence-corrected chi connectivity index (χ3v) is 4.01. The van der Waals surface area contributed by atoms with Crippen LogP contribution in [0.2, 0.25) is 0 Å². The standard InChI is InChI=1S/C14H18FN3O/c1-8-5-13-12(6-11(8)15)17-14(16)18(13)7-10-3-4-19-9(10)2/h5-6,9-10H,3-4,7H2,1-2H3,(H2,16,17). The molecule has 1 fully saturated rings. The highest BCUT2D eigenvalue weighted by molar-refractivity contribution is 5.79. The lowest BCUT2D eigenvalue weighted by atomic mass is 10.0. The van der Waals surface area contributed by atoms with Gasteiger partial charge in [0.15, 0.2) is 0 Å². The number of hydrogen-bond acceptors (Lipinski definition) is 3. The summed E-state index contributed by atoms with van der Waals surface area (Å²) in [7, 11) is 0. The zero-order chi connectivity index (χ0) is 13.6. The van der Waals surface area contributed by atoms with Gasteiger partial charge in [-0.05, 0) is 31.9 Å². The molecule has 1 aromatic heterocycles. The minimum absolute atomic E-state index is 0.235. The molecular formula is C14H18FN3O. The van der Waals surface area contributed by atoms with E-state index in [9.17, 15) is 4.39 Å². The summed E-state index contributed by atoms with van der Waals surface area (Å²) in [6.07, 6.45) is 1.26. The second kappa shape index (κ2) is 4.49. The fourth-order valence-corrected chi connectivity index (χ4v) is 2.71. The van der Waals surface area contributed by atoms with Crippen molar-refractivity contribution < 1.29 is 9.13 Å². The van der Waals surface area contributed by atoms with Crippen molar-refractivity contribution in [2.75, 3.05) is 12.3 Å². The summed E-state index contributed by atoms with van der Waals surface area (Å²) in [6.45, 7) is 5.40. The van der Waals surface area contributed by atoms with Crippen LogP contribution in [0.4, 0.5) is 10.3 Å². The summed E-state index contributed by atoms with van der Waals surface area (Å²) in [5.41, 5.74) is 8.10. The Labute approximate surface area is 111 Å². The van der Waals surface area contributed by atoms with Crippen molar-refractivity contribution in [3.8, 4) is 0 Å². The van der Waals surface area contributed by atoms with Gasteiger partial charge in [-0.2, -0.15) is 0 Å². The molecule has 0 bridgehead atoms. The van der Waals surface area contributed by atoms with Crippen molar-refractivity contribution in [3.05, 3.63) is 23.5 Å². The molecule has 102 valence electrons. The molecule has 2 N–H and O–H groups in total. The fourth-order valence-electron chi connectivity index (χ4n) is 2.71. The van der Waals surface area contributed by atoms with Crippen LogP contribution in [-0.4, -0.2) is 22.3 Å². The Morgan fingerprint density at radius 2 is 2.32 bits per heavy atom. The van der Waals surface area contributed by atoms with Gasteiger partial charge in [-0.1, -0.05) is 0 Å². The minimum Gasteiger partial charge on any atom is -0.378 e. The van der Waals surface area contributed by atoms with Gasteiger partial charge in [-0.3, -0.25) is 0 Å². The first kappa shape index (κ1) is 12.4. The van der Waals surface area contributed by atoms with E-state index in [0.29, 0.717) is 22.9 Å². The number of ether oxygens (including phenoxy) is 1. The number of anilines is 1. The molecule has 2 heterocycles. The number of benzene rings is 1. The number of aromatic nitrogens is 2. The van der Waals surface area contributed by atoms with Crippen molar-refractivity contribution >= 4 is 17.0 Å². The molecule has 0 amide bonds. The Bertz CT molecular complexity index is 623. The number of hydrogen-bond donors (Lipinski definition) is 1. The van der Waals surface area contributed by atoms with Gasteiger partial charge in [-0.15, -0.1) is 0 Å². The van der Waals surface area contributed by atoms with Crippen LogP contribution < -0.4 is 5.73 Å². The van der Waals surface area contributed by atoms with Gasteiger partial charge >= 0.3 is 0 Å². The molecule has 2 unspecified atom stereocenters. The van der Waals surface area contributed by atoms with Crippen LogP contribution in [0.15, 0.2) is 12.1 Å². The van der Waals surface area contributed by atoms with E-state index in [0.717, 1.165) is 25.1 Å². The zero-order valence-electron chi connectivity index (χ0n) is 11.2. The minimum atomic E-state index is -0.241.